The monoisotopic (exact) mass is 674 g/mol. The first kappa shape index (κ1) is 37.5. The molecule has 5 aliphatic carbocycles. The largest absolute Gasteiger partial charge is 0.508 e. The molecule has 0 aromatic heterocycles. The Kier molecular flexibility index (Phi) is 9.57. The number of carboxylic acids is 1. The van der Waals surface area contributed by atoms with E-state index in [0.717, 1.165) is 56.9 Å². The molecule has 0 saturated heterocycles. The van der Waals surface area contributed by atoms with E-state index in [2.05, 4.69) is 41.5 Å². The van der Waals surface area contributed by atoms with Crippen molar-refractivity contribution < 1.29 is 29.7 Å². The first-order valence-corrected chi connectivity index (χ1v) is 18.7. The maximum Gasteiger partial charge on any atom is 0.309 e. The Morgan fingerprint density at radius 1 is 0.898 bits per heavy atom. The summed E-state index contributed by atoms with van der Waals surface area (Å²) in [5.74, 6) is 0.330. The summed E-state index contributed by atoms with van der Waals surface area (Å²) >= 11 is 0. The van der Waals surface area contributed by atoms with Gasteiger partial charge < -0.3 is 15.3 Å². The summed E-state index contributed by atoms with van der Waals surface area (Å²) in [7, 11) is 0. The Hall–Kier alpha value is -2.73. The van der Waals surface area contributed by atoms with E-state index >= 15 is 0 Å². The van der Waals surface area contributed by atoms with Crippen LogP contribution in [0.5, 0.6) is 5.75 Å². The van der Waals surface area contributed by atoms with E-state index in [-0.39, 0.29) is 62.3 Å². The number of ketones is 2. The number of phenols is 1. The SMILES string of the molecule is CC(=O)c1ccc(O)c(CC=C(C)C)c1.CC1(C(=O)O)CCC2(C)CCC3(C)C(=CC(=O)C4C5(C)CCC(O)C(C)(C)C5CCC43C)C2C1. The molecule has 270 valence electrons. The first-order valence-electron chi connectivity index (χ1n) is 18.7. The van der Waals surface area contributed by atoms with Crippen molar-refractivity contribution in [3.8, 4) is 5.75 Å². The smallest absolute Gasteiger partial charge is 0.309 e. The molecule has 1 aromatic rings. The molecule has 0 heterocycles. The fraction of sp³-hybridized carbons (Fsp3) is 0.698. The average molecular weight is 675 g/mol. The number of hydrogen-bond donors (Lipinski definition) is 3. The molecular weight excluding hydrogens is 612 g/mol. The zero-order chi connectivity index (χ0) is 36.5. The Balaban J connectivity index is 0.000000263. The number of fused-ring (bicyclic) bond motifs is 7. The summed E-state index contributed by atoms with van der Waals surface area (Å²) in [6, 6.07) is 4.96. The number of aliphatic carboxylic acids is 1. The Labute approximate surface area is 294 Å². The number of carbonyl (C=O) groups is 3. The number of aliphatic hydroxyl groups excluding tert-OH is 1. The van der Waals surface area contributed by atoms with Gasteiger partial charge >= 0.3 is 5.97 Å². The third kappa shape index (κ3) is 5.96. The molecule has 0 radical (unpaired) electrons. The Morgan fingerprint density at radius 3 is 2.16 bits per heavy atom. The molecule has 5 aliphatic rings. The first-order chi connectivity index (χ1) is 22.6. The lowest BCUT2D eigenvalue weighted by atomic mass is 9.33. The normalized spacial score (nSPS) is 40.6. The summed E-state index contributed by atoms with van der Waals surface area (Å²) in [5, 5.41) is 30.5. The van der Waals surface area contributed by atoms with Gasteiger partial charge in [0.05, 0.1) is 11.5 Å². The molecule has 3 N–H and O–H groups in total. The zero-order valence-electron chi connectivity index (χ0n) is 31.8. The number of Topliss-reactive ketones (excluding diaryl/α,β-unsaturated/α-hetero) is 1. The number of allylic oxidation sites excluding steroid dienone is 4. The van der Waals surface area contributed by atoms with Crippen molar-refractivity contribution in [3.05, 3.63) is 52.6 Å². The highest BCUT2D eigenvalue weighted by Gasteiger charge is 2.70. The highest BCUT2D eigenvalue weighted by Crippen LogP contribution is 2.75. The van der Waals surface area contributed by atoms with Gasteiger partial charge in [0.1, 0.15) is 5.75 Å². The van der Waals surface area contributed by atoms with Crippen molar-refractivity contribution >= 4 is 17.5 Å². The second kappa shape index (κ2) is 12.5. The lowest BCUT2D eigenvalue weighted by molar-refractivity contribution is -0.202. The number of carbonyl (C=O) groups excluding carboxylic acids is 2. The third-order valence-corrected chi connectivity index (χ3v) is 15.3. The second-order valence-electron chi connectivity index (χ2n) is 18.8. The van der Waals surface area contributed by atoms with Crippen LogP contribution >= 0.6 is 0 Å². The highest BCUT2D eigenvalue weighted by molar-refractivity contribution is 5.96. The van der Waals surface area contributed by atoms with Crippen LogP contribution in [0.15, 0.2) is 41.5 Å². The van der Waals surface area contributed by atoms with Crippen molar-refractivity contribution in [2.45, 2.75) is 140 Å². The predicted octanol–water partition coefficient (Wildman–Crippen LogP) is 9.52. The number of carboxylic acid groups (broad SMARTS) is 1. The van der Waals surface area contributed by atoms with E-state index in [9.17, 15) is 29.7 Å². The van der Waals surface area contributed by atoms with Crippen LogP contribution < -0.4 is 0 Å². The average Bonchev–Trinajstić information content (AvgIpc) is 3.00. The quantitative estimate of drug-likeness (QED) is 0.217. The van der Waals surface area contributed by atoms with Crippen LogP contribution in [0.2, 0.25) is 0 Å². The van der Waals surface area contributed by atoms with Crippen molar-refractivity contribution in [1.29, 1.82) is 0 Å². The zero-order valence-corrected chi connectivity index (χ0v) is 31.8. The van der Waals surface area contributed by atoms with Crippen LogP contribution in [-0.2, 0) is 16.0 Å². The molecule has 6 rings (SSSR count). The minimum Gasteiger partial charge on any atom is -0.508 e. The maximum atomic E-state index is 14.2. The van der Waals surface area contributed by atoms with Gasteiger partial charge in [-0.25, -0.2) is 0 Å². The molecule has 0 spiro atoms. The summed E-state index contributed by atoms with van der Waals surface area (Å²) in [6.07, 6.45) is 12.6. The fourth-order valence-corrected chi connectivity index (χ4v) is 11.6. The standard InChI is InChI=1S/C30H46O4.C13H16O2/c1-25(2)21-8-11-30(7)23(28(21,5)10-9-22(25)32)20(31)16-18-19-17-27(4,24(33)34)13-12-26(19,3)14-15-29(18,30)6;1-9(2)4-5-12-8-11(10(3)14)6-7-13(12)15/h16,19,21-23,32H,8-15,17H2,1-7H3,(H,33,34);4,6-8,15H,5H2,1-3H3. The molecule has 49 heavy (non-hydrogen) atoms. The third-order valence-electron chi connectivity index (χ3n) is 15.3. The fourth-order valence-electron chi connectivity index (χ4n) is 11.6. The molecule has 6 heteroatoms. The molecule has 4 fully saturated rings. The van der Waals surface area contributed by atoms with E-state index < -0.39 is 11.4 Å². The molecule has 6 nitrogen and oxygen atoms in total. The lowest BCUT2D eigenvalue weighted by Gasteiger charge is -2.70. The van der Waals surface area contributed by atoms with Crippen LogP contribution in [0.3, 0.4) is 0 Å². The Morgan fingerprint density at radius 2 is 1.55 bits per heavy atom. The van der Waals surface area contributed by atoms with Gasteiger partial charge in [-0.1, -0.05) is 58.8 Å². The van der Waals surface area contributed by atoms with Crippen molar-refractivity contribution in [3.63, 3.8) is 0 Å². The number of aromatic hydroxyl groups is 1. The molecule has 9 atom stereocenters. The van der Waals surface area contributed by atoms with Gasteiger partial charge in [0.15, 0.2) is 11.6 Å². The predicted molar refractivity (Wildman–Crippen MR) is 194 cm³/mol. The van der Waals surface area contributed by atoms with E-state index in [1.807, 2.05) is 32.9 Å². The highest BCUT2D eigenvalue weighted by atomic mass is 16.4. The lowest BCUT2D eigenvalue weighted by Crippen LogP contribution is -2.66. The molecular formula is C43H62O6. The van der Waals surface area contributed by atoms with Crippen LogP contribution in [-0.4, -0.2) is 39.0 Å². The van der Waals surface area contributed by atoms with E-state index in [0.29, 0.717) is 24.3 Å². The molecule has 0 bridgehead atoms. The Bertz CT molecular complexity index is 1580. The summed E-state index contributed by atoms with van der Waals surface area (Å²) < 4.78 is 0. The topological polar surface area (TPSA) is 112 Å². The van der Waals surface area contributed by atoms with Gasteiger partial charge in [0.2, 0.25) is 0 Å². The summed E-state index contributed by atoms with van der Waals surface area (Å²) in [5.41, 5.74) is 2.78. The summed E-state index contributed by atoms with van der Waals surface area (Å²) in [6.45, 7) is 21.4. The van der Waals surface area contributed by atoms with E-state index in [1.165, 1.54) is 18.1 Å². The van der Waals surface area contributed by atoms with Gasteiger partial charge in [0.25, 0.3) is 0 Å². The van der Waals surface area contributed by atoms with Crippen LogP contribution in [0.1, 0.15) is 143 Å². The number of rotatable bonds is 4. The number of phenolic OH excluding ortho intramolecular Hbond substituents is 1. The van der Waals surface area contributed by atoms with Crippen molar-refractivity contribution in [2.75, 3.05) is 0 Å². The molecule has 9 unspecified atom stereocenters. The summed E-state index contributed by atoms with van der Waals surface area (Å²) in [4.78, 5) is 37.6. The van der Waals surface area contributed by atoms with Gasteiger partial charge in [0, 0.05) is 11.5 Å². The minimum absolute atomic E-state index is 0.0217. The van der Waals surface area contributed by atoms with E-state index in [4.69, 9.17) is 0 Å². The van der Waals surface area contributed by atoms with E-state index in [1.54, 1.807) is 18.2 Å². The van der Waals surface area contributed by atoms with Gasteiger partial charge in [-0.3, -0.25) is 14.4 Å². The van der Waals surface area contributed by atoms with Gasteiger partial charge in [-0.05, 0) is 161 Å². The van der Waals surface area contributed by atoms with Crippen LogP contribution in [0.25, 0.3) is 0 Å². The van der Waals surface area contributed by atoms with Crippen molar-refractivity contribution in [1.82, 2.24) is 0 Å². The number of hydrogen-bond acceptors (Lipinski definition) is 5. The van der Waals surface area contributed by atoms with Crippen LogP contribution in [0.4, 0.5) is 0 Å². The van der Waals surface area contributed by atoms with Gasteiger partial charge in [-0.2, -0.15) is 0 Å². The molecule has 4 saturated carbocycles. The number of benzene rings is 1. The molecule has 0 aliphatic heterocycles. The number of aliphatic hydroxyl groups is 1. The minimum atomic E-state index is -0.711. The molecule has 0 amide bonds. The molecule has 1 aromatic carbocycles. The maximum absolute atomic E-state index is 14.2. The van der Waals surface area contributed by atoms with Gasteiger partial charge in [-0.15, -0.1) is 0 Å². The van der Waals surface area contributed by atoms with Crippen LogP contribution in [0, 0.1) is 50.2 Å². The second-order valence-corrected chi connectivity index (χ2v) is 18.8. The van der Waals surface area contributed by atoms with Crippen molar-refractivity contribution in [2.24, 2.45) is 50.2 Å².